The fourth-order valence-corrected chi connectivity index (χ4v) is 3.13. The summed E-state index contributed by atoms with van der Waals surface area (Å²) in [6, 6.07) is 4.22. The summed E-state index contributed by atoms with van der Waals surface area (Å²) in [5.41, 5.74) is 4.43. The van der Waals surface area contributed by atoms with Gasteiger partial charge in [0.25, 0.3) is 0 Å². The molecule has 23 heavy (non-hydrogen) atoms. The molecule has 0 atom stereocenters. The maximum Gasteiger partial charge on any atom is 0.238 e. The molecule has 0 radical (unpaired) electrons. The predicted octanol–water partition coefficient (Wildman–Crippen LogP) is 1.39. The van der Waals surface area contributed by atoms with Gasteiger partial charge in [0.15, 0.2) is 0 Å². The van der Waals surface area contributed by atoms with Crippen molar-refractivity contribution in [3.63, 3.8) is 0 Å². The van der Waals surface area contributed by atoms with Crippen LogP contribution in [0.4, 0.5) is 5.69 Å². The monoisotopic (exact) mass is 318 g/mol. The summed E-state index contributed by atoms with van der Waals surface area (Å²) in [6.07, 6.45) is 0. The van der Waals surface area contributed by atoms with Gasteiger partial charge in [-0.25, -0.2) is 0 Å². The Labute approximate surface area is 140 Å². The van der Waals surface area contributed by atoms with Crippen molar-refractivity contribution in [2.24, 2.45) is 0 Å². The first-order valence-corrected chi connectivity index (χ1v) is 8.45. The van der Waals surface area contributed by atoms with Crippen LogP contribution in [0, 0.1) is 20.8 Å². The molecule has 0 unspecified atom stereocenters. The largest absolute Gasteiger partial charge is 0.324 e. The zero-order valence-corrected chi connectivity index (χ0v) is 14.9. The fraction of sp³-hybridized carbons (Fsp3) is 0.611. The minimum Gasteiger partial charge on any atom is -0.324 e. The summed E-state index contributed by atoms with van der Waals surface area (Å²) >= 11 is 0. The van der Waals surface area contributed by atoms with E-state index < -0.39 is 0 Å². The molecule has 1 aromatic carbocycles. The van der Waals surface area contributed by atoms with Gasteiger partial charge in [-0.15, -0.1) is 0 Å². The number of nitrogens with zero attached hydrogens (tertiary/aromatic N) is 2. The van der Waals surface area contributed by atoms with Crippen LogP contribution in [0.25, 0.3) is 0 Å². The lowest BCUT2D eigenvalue weighted by molar-refractivity contribution is -0.117. The summed E-state index contributed by atoms with van der Waals surface area (Å²) in [4.78, 5) is 16.8. The van der Waals surface area contributed by atoms with Crippen LogP contribution < -0.4 is 10.6 Å². The number of carbonyl (C=O) groups is 1. The molecule has 2 rings (SSSR count). The average Bonchev–Trinajstić information content (AvgIpc) is 2.50. The molecule has 0 bridgehead atoms. The van der Waals surface area contributed by atoms with E-state index >= 15 is 0 Å². The van der Waals surface area contributed by atoms with Crippen molar-refractivity contribution in [3.8, 4) is 0 Å². The Kier molecular flexibility index (Phi) is 6.57. The lowest BCUT2D eigenvalue weighted by Crippen LogP contribution is -2.46. The summed E-state index contributed by atoms with van der Waals surface area (Å²) in [6.45, 7) is 12.9. The molecule has 0 saturated carbocycles. The number of hydrogen-bond donors (Lipinski definition) is 2. The zero-order valence-electron chi connectivity index (χ0n) is 14.9. The number of hydrogen-bond acceptors (Lipinski definition) is 4. The van der Waals surface area contributed by atoms with Crippen LogP contribution in [0.15, 0.2) is 12.1 Å². The fourth-order valence-electron chi connectivity index (χ4n) is 3.13. The summed E-state index contributed by atoms with van der Waals surface area (Å²) in [7, 11) is 2.01. The van der Waals surface area contributed by atoms with Crippen LogP contribution >= 0.6 is 0 Å². The van der Waals surface area contributed by atoms with Crippen molar-refractivity contribution >= 4 is 11.6 Å². The maximum atomic E-state index is 12.3. The third kappa shape index (κ3) is 5.61. The van der Waals surface area contributed by atoms with Gasteiger partial charge in [-0.05, 0) is 38.9 Å². The Morgan fingerprint density at radius 2 is 1.83 bits per heavy atom. The zero-order chi connectivity index (χ0) is 16.8. The number of carbonyl (C=O) groups excluding carboxylic acids is 1. The number of piperazine rings is 1. The number of rotatable bonds is 6. The van der Waals surface area contributed by atoms with Crippen molar-refractivity contribution in [1.82, 2.24) is 15.1 Å². The minimum absolute atomic E-state index is 0.0582. The van der Waals surface area contributed by atoms with Crippen LogP contribution in [-0.2, 0) is 4.79 Å². The molecule has 1 aromatic rings. The van der Waals surface area contributed by atoms with Crippen LogP contribution in [0.1, 0.15) is 16.7 Å². The first-order chi connectivity index (χ1) is 11.0. The second kappa shape index (κ2) is 8.43. The highest BCUT2D eigenvalue weighted by molar-refractivity contribution is 5.93. The number of amides is 1. The number of likely N-dealkylation sites (N-methyl/N-ethyl adjacent to an activating group) is 1. The van der Waals surface area contributed by atoms with E-state index in [-0.39, 0.29) is 5.91 Å². The molecule has 1 aliphatic rings. The van der Waals surface area contributed by atoms with Crippen molar-refractivity contribution in [1.29, 1.82) is 0 Å². The maximum absolute atomic E-state index is 12.3. The second-order valence-corrected chi connectivity index (χ2v) is 6.65. The van der Waals surface area contributed by atoms with E-state index in [1.165, 1.54) is 5.56 Å². The smallest absolute Gasteiger partial charge is 0.238 e. The lowest BCUT2D eigenvalue weighted by Gasteiger charge is -2.29. The lowest BCUT2D eigenvalue weighted by atomic mass is 10.1. The van der Waals surface area contributed by atoms with Gasteiger partial charge < -0.3 is 10.6 Å². The molecule has 1 amide bonds. The van der Waals surface area contributed by atoms with Crippen LogP contribution in [0.5, 0.6) is 0 Å². The third-order valence-electron chi connectivity index (χ3n) is 4.36. The number of nitrogens with one attached hydrogen (secondary N) is 2. The molecule has 1 heterocycles. The normalized spacial score (nSPS) is 15.9. The Bertz CT molecular complexity index is 515. The van der Waals surface area contributed by atoms with Gasteiger partial charge in [0.2, 0.25) is 5.91 Å². The van der Waals surface area contributed by atoms with Crippen molar-refractivity contribution < 1.29 is 4.79 Å². The van der Waals surface area contributed by atoms with Crippen molar-refractivity contribution in [3.05, 3.63) is 28.8 Å². The highest BCUT2D eigenvalue weighted by Gasteiger charge is 2.13. The topological polar surface area (TPSA) is 47.6 Å². The van der Waals surface area contributed by atoms with Crippen LogP contribution in [-0.4, -0.2) is 68.6 Å². The van der Waals surface area contributed by atoms with Gasteiger partial charge in [-0.1, -0.05) is 17.7 Å². The molecular weight excluding hydrogens is 288 g/mol. The van der Waals surface area contributed by atoms with Crippen molar-refractivity contribution in [2.45, 2.75) is 20.8 Å². The Balaban J connectivity index is 1.79. The predicted molar refractivity (Wildman–Crippen MR) is 96.1 cm³/mol. The van der Waals surface area contributed by atoms with E-state index in [1.54, 1.807) is 0 Å². The first kappa shape index (κ1) is 17.9. The standard InChI is InChI=1S/C18H30N4O/c1-14-11-15(2)18(16(3)12-14)20-17(23)13-21(4)9-10-22-7-5-19-6-8-22/h11-12,19H,5-10,13H2,1-4H3,(H,20,23). The van der Waals surface area contributed by atoms with Gasteiger partial charge in [0.05, 0.1) is 6.54 Å². The van der Waals surface area contributed by atoms with Gasteiger partial charge in [-0.2, -0.15) is 0 Å². The molecule has 1 fully saturated rings. The van der Waals surface area contributed by atoms with Crippen LogP contribution in [0.2, 0.25) is 0 Å². The van der Waals surface area contributed by atoms with E-state index in [0.717, 1.165) is 56.1 Å². The summed E-state index contributed by atoms with van der Waals surface area (Å²) in [5.74, 6) is 0.0582. The Morgan fingerprint density at radius 1 is 1.22 bits per heavy atom. The van der Waals surface area contributed by atoms with E-state index in [0.29, 0.717) is 6.54 Å². The quantitative estimate of drug-likeness (QED) is 0.832. The Hall–Kier alpha value is -1.43. The summed E-state index contributed by atoms with van der Waals surface area (Å²) < 4.78 is 0. The third-order valence-corrected chi connectivity index (χ3v) is 4.36. The van der Waals surface area contributed by atoms with Crippen molar-refractivity contribution in [2.75, 3.05) is 58.2 Å². The SMILES string of the molecule is Cc1cc(C)c(NC(=O)CN(C)CCN2CCNCC2)c(C)c1. The van der Waals surface area contributed by atoms with Gasteiger partial charge in [0.1, 0.15) is 0 Å². The van der Waals surface area contributed by atoms with Gasteiger partial charge in [0, 0.05) is 45.0 Å². The highest BCUT2D eigenvalue weighted by Crippen LogP contribution is 2.21. The molecule has 1 aliphatic heterocycles. The molecule has 0 aromatic heterocycles. The molecule has 0 spiro atoms. The number of anilines is 1. The highest BCUT2D eigenvalue weighted by atomic mass is 16.2. The van der Waals surface area contributed by atoms with Crippen LogP contribution in [0.3, 0.4) is 0 Å². The van der Waals surface area contributed by atoms with Gasteiger partial charge in [-0.3, -0.25) is 14.6 Å². The van der Waals surface area contributed by atoms with E-state index in [4.69, 9.17) is 0 Å². The molecule has 1 saturated heterocycles. The molecule has 128 valence electrons. The van der Waals surface area contributed by atoms with E-state index in [2.05, 4.69) is 39.5 Å². The number of benzene rings is 1. The molecule has 5 nitrogen and oxygen atoms in total. The second-order valence-electron chi connectivity index (χ2n) is 6.65. The molecular formula is C18H30N4O. The number of aryl methyl sites for hydroxylation is 3. The van der Waals surface area contributed by atoms with Gasteiger partial charge >= 0.3 is 0 Å². The first-order valence-electron chi connectivity index (χ1n) is 8.45. The van der Waals surface area contributed by atoms with E-state index in [9.17, 15) is 4.79 Å². The average molecular weight is 318 g/mol. The molecule has 0 aliphatic carbocycles. The summed E-state index contributed by atoms with van der Waals surface area (Å²) in [5, 5.41) is 6.43. The minimum atomic E-state index is 0.0582. The van der Waals surface area contributed by atoms with E-state index in [1.807, 2.05) is 20.9 Å². The Morgan fingerprint density at radius 3 is 2.43 bits per heavy atom. The molecule has 2 N–H and O–H groups in total. The molecule has 5 heteroatoms.